The maximum atomic E-state index is 11.2. The van der Waals surface area contributed by atoms with Crippen molar-refractivity contribution < 1.29 is 9.53 Å². The van der Waals surface area contributed by atoms with Gasteiger partial charge >= 0.3 is 0 Å². The molecular weight excluding hydrogens is 268 g/mol. The molecule has 1 atom stereocenters. The summed E-state index contributed by atoms with van der Waals surface area (Å²) in [6.45, 7) is 4.21. The van der Waals surface area contributed by atoms with Crippen LogP contribution in [0.3, 0.4) is 0 Å². The molecule has 0 aliphatic carbocycles. The molecule has 3 heterocycles. The van der Waals surface area contributed by atoms with E-state index in [4.69, 9.17) is 4.74 Å². The number of amides is 1. The molecule has 6 heteroatoms. The van der Waals surface area contributed by atoms with Gasteiger partial charge in [0.15, 0.2) is 0 Å². The maximum absolute atomic E-state index is 11.2. The van der Waals surface area contributed by atoms with Crippen LogP contribution >= 0.6 is 0 Å². The van der Waals surface area contributed by atoms with E-state index in [-0.39, 0.29) is 17.6 Å². The Morgan fingerprint density at radius 3 is 2.76 bits per heavy atom. The van der Waals surface area contributed by atoms with Gasteiger partial charge in [0.2, 0.25) is 5.91 Å². The highest BCUT2D eigenvalue weighted by Gasteiger charge is 2.40. The number of ether oxygens (including phenoxy) is 1. The third kappa shape index (κ3) is 3.32. The maximum Gasteiger partial charge on any atom is 0.217 e. The van der Waals surface area contributed by atoms with E-state index in [0.717, 1.165) is 51.1 Å². The van der Waals surface area contributed by atoms with Crippen LogP contribution in [-0.4, -0.2) is 47.2 Å². The fourth-order valence-corrected chi connectivity index (χ4v) is 3.41. The highest BCUT2D eigenvalue weighted by molar-refractivity contribution is 5.73. The van der Waals surface area contributed by atoms with E-state index in [0.29, 0.717) is 0 Å². The van der Waals surface area contributed by atoms with E-state index in [1.54, 1.807) is 13.3 Å². The van der Waals surface area contributed by atoms with Gasteiger partial charge in [0.25, 0.3) is 0 Å². The molecule has 0 aromatic carbocycles. The number of hydrogen-bond donors (Lipinski definition) is 1. The van der Waals surface area contributed by atoms with E-state index in [1.165, 1.54) is 0 Å². The molecule has 21 heavy (non-hydrogen) atoms. The summed E-state index contributed by atoms with van der Waals surface area (Å²) in [5, 5.41) is 3.04. The third-order valence-electron chi connectivity index (χ3n) is 4.49. The van der Waals surface area contributed by atoms with Crippen LogP contribution in [0.5, 0.6) is 0 Å². The number of piperidine rings is 1. The van der Waals surface area contributed by atoms with Crippen molar-refractivity contribution in [2.24, 2.45) is 0 Å². The molecule has 2 aliphatic heterocycles. The lowest BCUT2D eigenvalue weighted by Gasteiger charge is -2.46. The number of carbonyl (C=O) groups is 1. The van der Waals surface area contributed by atoms with Gasteiger partial charge in [-0.2, -0.15) is 0 Å². The zero-order valence-electron chi connectivity index (χ0n) is 12.4. The van der Waals surface area contributed by atoms with Crippen LogP contribution in [-0.2, 0) is 9.53 Å². The van der Waals surface area contributed by atoms with Gasteiger partial charge in [0.05, 0.1) is 23.7 Å². The number of aromatic nitrogens is 2. The molecule has 2 aliphatic rings. The first-order valence-corrected chi connectivity index (χ1v) is 7.58. The number of carbonyl (C=O) groups excluding carboxylic acids is 1. The summed E-state index contributed by atoms with van der Waals surface area (Å²) < 4.78 is 6.09. The summed E-state index contributed by atoms with van der Waals surface area (Å²) >= 11 is 0. The number of nitrogens with zero attached hydrogens (tertiary/aromatic N) is 3. The van der Waals surface area contributed by atoms with Crippen molar-refractivity contribution in [2.45, 2.75) is 44.2 Å². The van der Waals surface area contributed by atoms with Crippen molar-refractivity contribution in [3.05, 3.63) is 18.7 Å². The monoisotopic (exact) mass is 290 g/mol. The van der Waals surface area contributed by atoms with Crippen molar-refractivity contribution >= 4 is 11.6 Å². The standard InChI is InChI=1S/C15H22N4O2/c1-12(20)18-13-2-7-21-15(8-13)3-5-19(6-4-15)14-9-16-11-17-10-14/h9-11,13H,2-8H2,1H3,(H,18,20)/t13-/m1/s1. The first kappa shape index (κ1) is 14.3. The Kier molecular flexibility index (Phi) is 4.05. The lowest BCUT2D eigenvalue weighted by atomic mass is 9.82. The lowest BCUT2D eigenvalue weighted by molar-refractivity contribution is -0.125. The minimum Gasteiger partial charge on any atom is -0.375 e. The fraction of sp³-hybridized carbons (Fsp3) is 0.667. The molecule has 2 saturated heterocycles. The SMILES string of the molecule is CC(=O)N[C@@H]1CCOC2(CCN(c3cncnc3)CC2)C1. The number of rotatable bonds is 2. The molecule has 1 spiro atoms. The predicted molar refractivity (Wildman–Crippen MR) is 79.0 cm³/mol. The Morgan fingerprint density at radius 1 is 1.38 bits per heavy atom. The van der Waals surface area contributed by atoms with Crippen LogP contribution in [0, 0.1) is 0 Å². The van der Waals surface area contributed by atoms with Gasteiger partial charge in [0, 0.05) is 32.7 Å². The molecular formula is C15H22N4O2. The van der Waals surface area contributed by atoms with Gasteiger partial charge in [-0.25, -0.2) is 9.97 Å². The molecule has 2 fully saturated rings. The number of anilines is 1. The Balaban J connectivity index is 1.60. The van der Waals surface area contributed by atoms with Gasteiger partial charge in [-0.15, -0.1) is 0 Å². The van der Waals surface area contributed by atoms with Gasteiger partial charge in [-0.1, -0.05) is 0 Å². The van der Waals surface area contributed by atoms with E-state index in [2.05, 4.69) is 20.2 Å². The van der Waals surface area contributed by atoms with Crippen LogP contribution in [0.4, 0.5) is 5.69 Å². The topological polar surface area (TPSA) is 67.3 Å². The summed E-state index contributed by atoms with van der Waals surface area (Å²) in [5.74, 6) is 0.0518. The van der Waals surface area contributed by atoms with E-state index >= 15 is 0 Å². The van der Waals surface area contributed by atoms with Crippen molar-refractivity contribution in [1.82, 2.24) is 15.3 Å². The van der Waals surface area contributed by atoms with Crippen LogP contribution in [0.25, 0.3) is 0 Å². The van der Waals surface area contributed by atoms with Gasteiger partial charge in [-0.3, -0.25) is 4.79 Å². The second-order valence-corrected chi connectivity index (χ2v) is 6.01. The van der Waals surface area contributed by atoms with Gasteiger partial charge in [-0.05, 0) is 25.7 Å². The zero-order chi connectivity index (χ0) is 14.7. The fourth-order valence-electron chi connectivity index (χ4n) is 3.41. The Labute approximate surface area is 124 Å². The smallest absolute Gasteiger partial charge is 0.217 e. The van der Waals surface area contributed by atoms with E-state index in [1.807, 2.05) is 12.4 Å². The average molecular weight is 290 g/mol. The minimum absolute atomic E-state index is 0.0518. The van der Waals surface area contributed by atoms with Gasteiger partial charge in [0.1, 0.15) is 6.33 Å². The molecule has 1 aromatic rings. The Hall–Kier alpha value is -1.69. The third-order valence-corrected chi connectivity index (χ3v) is 4.49. The quantitative estimate of drug-likeness (QED) is 0.884. The van der Waals surface area contributed by atoms with Crippen LogP contribution in [0.2, 0.25) is 0 Å². The molecule has 0 radical (unpaired) electrons. The zero-order valence-corrected chi connectivity index (χ0v) is 12.4. The number of hydrogen-bond acceptors (Lipinski definition) is 5. The Morgan fingerprint density at radius 2 is 2.10 bits per heavy atom. The molecule has 6 nitrogen and oxygen atoms in total. The van der Waals surface area contributed by atoms with Crippen molar-refractivity contribution in [3.63, 3.8) is 0 Å². The summed E-state index contributed by atoms with van der Waals surface area (Å²) in [7, 11) is 0. The normalized spacial score (nSPS) is 24.8. The average Bonchev–Trinajstić information content (AvgIpc) is 2.48. The van der Waals surface area contributed by atoms with Crippen LogP contribution in [0.15, 0.2) is 18.7 Å². The highest BCUT2D eigenvalue weighted by Crippen LogP contribution is 2.36. The molecule has 3 rings (SSSR count). The molecule has 1 amide bonds. The minimum atomic E-state index is -0.0719. The molecule has 0 bridgehead atoms. The van der Waals surface area contributed by atoms with Gasteiger partial charge < -0.3 is 15.0 Å². The van der Waals surface area contributed by atoms with E-state index in [9.17, 15) is 4.79 Å². The number of nitrogens with one attached hydrogen (secondary N) is 1. The molecule has 1 N–H and O–H groups in total. The highest BCUT2D eigenvalue weighted by atomic mass is 16.5. The molecule has 0 saturated carbocycles. The first-order chi connectivity index (χ1) is 10.2. The van der Waals surface area contributed by atoms with Crippen molar-refractivity contribution in [1.29, 1.82) is 0 Å². The van der Waals surface area contributed by atoms with E-state index < -0.39 is 0 Å². The van der Waals surface area contributed by atoms with Crippen LogP contribution in [0.1, 0.15) is 32.6 Å². The lowest BCUT2D eigenvalue weighted by Crippen LogP contribution is -2.53. The summed E-state index contributed by atoms with van der Waals surface area (Å²) in [6.07, 6.45) is 9.07. The summed E-state index contributed by atoms with van der Waals surface area (Å²) in [5.41, 5.74) is 0.999. The van der Waals surface area contributed by atoms with Crippen LogP contribution < -0.4 is 10.2 Å². The molecule has 0 unspecified atom stereocenters. The summed E-state index contributed by atoms with van der Waals surface area (Å²) in [4.78, 5) is 21.7. The first-order valence-electron chi connectivity index (χ1n) is 7.58. The largest absolute Gasteiger partial charge is 0.375 e. The van der Waals surface area contributed by atoms with Crippen molar-refractivity contribution in [2.75, 3.05) is 24.6 Å². The molecule has 1 aromatic heterocycles. The predicted octanol–water partition coefficient (Wildman–Crippen LogP) is 1.13. The Bertz CT molecular complexity index is 486. The second-order valence-electron chi connectivity index (χ2n) is 6.01. The summed E-state index contributed by atoms with van der Waals surface area (Å²) in [6, 6.07) is 0.253. The van der Waals surface area contributed by atoms with Crippen molar-refractivity contribution in [3.8, 4) is 0 Å². The molecule has 114 valence electrons. The second kappa shape index (κ2) is 5.97.